The molecule has 0 aliphatic heterocycles. The number of fused-ring (bicyclic) bond motifs is 1. The van der Waals surface area contributed by atoms with Gasteiger partial charge in [0.15, 0.2) is 5.65 Å². The van der Waals surface area contributed by atoms with Crippen molar-refractivity contribution < 1.29 is 23.1 Å². The van der Waals surface area contributed by atoms with Crippen LogP contribution < -0.4 is 5.32 Å². The summed E-state index contributed by atoms with van der Waals surface area (Å²) in [5.74, 6) is -1.02. The Morgan fingerprint density at radius 2 is 1.96 bits per heavy atom. The largest absolute Gasteiger partial charge is 0.506 e. The summed E-state index contributed by atoms with van der Waals surface area (Å²) in [5, 5.41) is 12.2. The smallest absolute Gasteiger partial charge is 0.417 e. The molecule has 10 heteroatoms. The molecule has 0 radical (unpaired) electrons. The maximum atomic E-state index is 13.0. The van der Waals surface area contributed by atoms with Crippen LogP contribution in [-0.2, 0) is 6.18 Å². The SMILES string of the molecule is Cc1nc2c(Cl)cc(C(F)(F)F)cn2c1C(=O)Nc1cc(Cl)ccc1O. The fourth-order valence-corrected chi connectivity index (χ4v) is 2.86. The molecule has 0 atom stereocenters. The van der Waals surface area contributed by atoms with Crippen LogP contribution in [0.3, 0.4) is 0 Å². The van der Waals surface area contributed by atoms with Crippen molar-refractivity contribution in [2.75, 3.05) is 5.32 Å². The number of hydrogen-bond donors (Lipinski definition) is 2. The average Bonchev–Trinajstić information content (AvgIpc) is 2.87. The fraction of sp³-hybridized carbons (Fsp3) is 0.125. The van der Waals surface area contributed by atoms with Crippen LogP contribution in [0.5, 0.6) is 5.75 Å². The van der Waals surface area contributed by atoms with Gasteiger partial charge in [0.2, 0.25) is 0 Å². The first-order valence-electron chi connectivity index (χ1n) is 7.13. The maximum absolute atomic E-state index is 13.0. The van der Waals surface area contributed by atoms with Crippen molar-refractivity contribution in [1.82, 2.24) is 9.38 Å². The lowest BCUT2D eigenvalue weighted by Gasteiger charge is -2.11. The number of benzene rings is 1. The number of amides is 1. The molecular weight excluding hydrogens is 394 g/mol. The first-order valence-corrected chi connectivity index (χ1v) is 7.89. The Hall–Kier alpha value is -2.45. The van der Waals surface area contributed by atoms with Gasteiger partial charge in [0.25, 0.3) is 5.91 Å². The van der Waals surface area contributed by atoms with Crippen molar-refractivity contribution in [2.24, 2.45) is 0 Å². The number of carbonyl (C=O) groups excluding carboxylic acids is 1. The molecule has 0 aliphatic carbocycles. The van der Waals surface area contributed by atoms with E-state index in [1.807, 2.05) is 0 Å². The third kappa shape index (κ3) is 3.30. The minimum Gasteiger partial charge on any atom is -0.506 e. The predicted molar refractivity (Wildman–Crippen MR) is 91.0 cm³/mol. The number of aryl methyl sites for hydroxylation is 1. The van der Waals surface area contributed by atoms with E-state index in [-0.39, 0.29) is 38.5 Å². The molecule has 136 valence electrons. The highest BCUT2D eigenvalue weighted by Gasteiger charge is 2.33. The third-order valence-electron chi connectivity index (χ3n) is 3.60. The number of aromatic nitrogens is 2. The Morgan fingerprint density at radius 1 is 1.27 bits per heavy atom. The van der Waals surface area contributed by atoms with Gasteiger partial charge in [-0.05, 0) is 31.2 Å². The number of rotatable bonds is 2. The second-order valence-corrected chi connectivity index (χ2v) is 6.27. The van der Waals surface area contributed by atoms with Gasteiger partial charge < -0.3 is 10.4 Å². The van der Waals surface area contributed by atoms with Crippen molar-refractivity contribution in [3.8, 4) is 5.75 Å². The van der Waals surface area contributed by atoms with Crippen LogP contribution in [0.15, 0.2) is 30.5 Å². The molecule has 0 spiro atoms. The predicted octanol–water partition coefficient (Wildman–Crippen LogP) is 4.93. The van der Waals surface area contributed by atoms with E-state index in [0.29, 0.717) is 0 Å². The van der Waals surface area contributed by atoms with E-state index >= 15 is 0 Å². The van der Waals surface area contributed by atoms with Gasteiger partial charge >= 0.3 is 6.18 Å². The third-order valence-corrected chi connectivity index (χ3v) is 4.11. The molecule has 5 nitrogen and oxygen atoms in total. The summed E-state index contributed by atoms with van der Waals surface area (Å²) in [6.45, 7) is 1.46. The van der Waals surface area contributed by atoms with Gasteiger partial charge in [-0.15, -0.1) is 0 Å². The highest BCUT2D eigenvalue weighted by Crippen LogP contribution is 2.33. The van der Waals surface area contributed by atoms with Crippen LogP contribution in [0.1, 0.15) is 21.7 Å². The van der Waals surface area contributed by atoms with E-state index in [2.05, 4.69) is 10.3 Å². The second-order valence-electron chi connectivity index (χ2n) is 5.43. The molecule has 26 heavy (non-hydrogen) atoms. The molecule has 3 rings (SSSR count). The number of imidazole rings is 1. The van der Waals surface area contributed by atoms with Crippen LogP contribution in [0.2, 0.25) is 10.0 Å². The number of phenolic OH excluding ortho intramolecular Hbond substituents is 1. The lowest BCUT2D eigenvalue weighted by Crippen LogP contribution is -2.16. The van der Waals surface area contributed by atoms with Crippen LogP contribution in [0, 0.1) is 6.92 Å². The van der Waals surface area contributed by atoms with E-state index in [9.17, 15) is 23.1 Å². The molecule has 3 aromatic rings. The fourth-order valence-electron chi connectivity index (χ4n) is 2.44. The van der Waals surface area contributed by atoms with Gasteiger partial charge in [0.1, 0.15) is 11.4 Å². The van der Waals surface area contributed by atoms with E-state index in [0.717, 1.165) is 16.7 Å². The number of nitrogens with zero attached hydrogens (tertiary/aromatic N) is 2. The molecule has 0 aliphatic rings. The Labute approximate surface area is 155 Å². The van der Waals surface area contributed by atoms with Crippen molar-refractivity contribution in [1.29, 1.82) is 0 Å². The summed E-state index contributed by atoms with van der Waals surface area (Å²) in [6.07, 6.45) is -3.90. The number of halogens is 5. The molecular formula is C16H10Cl2F3N3O2. The maximum Gasteiger partial charge on any atom is 0.417 e. The van der Waals surface area contributed by atoms with Crippen molar-refractivity contribution in [3.05, 3.63) is 57.5 Å². The minimum absolute atomic E-state index is 0.00919. The Balaban J connectivity index is 2.12. The Morgan fingerprint density at radius 3 is 2.62 bits per heavy atom. The number of pyridine rings is 1. The molecule has 0 fully saturated rings. The van der Waals surface area contributed by atoms with Crippen molar-refractivity contribution in [2.45, 2.75) is 13.1 Å². The summed E-state index contributed by atoms with van der Waals surface area (Å²) in [4.78, 5) is 16.6. The molecule has 0 saturated carbocycles. The van der Waals surface area contributed by atoms with Crippen LogP contribution in [-0.4, -0.2) is 20.4 Å². The zero-order chi connectivity index (χ0) is 19.2. The summed E-state index contributed by atoms with van der Waals surface area (Å²) >= 11 is 11.7. The quantitative estimate of drug-likeness (QED) is 0.596. The highest BCUT2D eigenvalue weighted by atomic mass is 35.5. The van der Waals surface area contributed by atoms with E-state index in [1.165, 1.54) is 25.1 Å². The number of hydrogen-bond acceptors (Lipinski definition) is 3. The topological polar surface area (TPSA) is 66.6 Å². The van der Waals surface area contributed by atoms with Gasteiger partial charge in [-0.3, -0.25) is 9.20 Å². The van der Waals surface area contributed by atoms with E-state index in [4.69, 9.17) is 23.2 Å². The number of phenols is 1. The molecule has 2 heterocycles. The number of anilines is 1. The second kappa shape index (κ2) is 6.37. The molecule has 0 saturated heterocycles. The van der Waals surface area contributed by atoms with Gasteiger partial charge in [0.05, 0.1) is 22.0 Å². The summed E-state index contributed by atoms with van der Waals surface area (Å²) in [7, 11) is 0. The van der Waals surface area contributed by atoms with E-state index in [1.54, 1.807) is 0 Å². The standard InChI is InChI=1S/C16H10Cl2F3N3O2/c1-7-13(15(26)23-11-5-9(17)2-3-12(11)25)24-6-8(16(19,20)21)4-10(18)14(24)22-7/h2-6,25H,1H3,(H,23,26). The molecule has 0 unspecified atom stereocenters. The zero-order valence-corrected chi connectivity index (χ0v) is 14.5. The van der Waals surface area contributed by atoms with Crippen molar-refractivity contribution in [3.63, 3.8) is 0 Å². The summed E-state index contributed by atoms with van der Waals surface area (Å²) in [6, 6.07) is 4.74. The minimum atomic E-state index is -4.64. The monoisotopic (exact) mass is 403 g/mol. The van der Waals surface area contributed by atoms with Gasteiger partial charge in [0, 0.05) is 11.2 Å². The Kier molecular flexibility index (Phi) is 4.49. The van der Waals surface area contributed by atoms with E-state index < -0.39 is 17.6 Å². The lowest BCUT2D eigenvalue weighted by atomic mass is 10.2. The molecule has 1 amide bonds. The average molecular weight is 404 g/mol. The number of carbonyl (C=O) groups is 1. The van der Waals surface area contributed by atoms with Crippen LogP contribution >= 0.6 is 23.2 Å². The summed E-state index contributed by atoms with van der Waals surface area (Å²) in [5.41, 5.74) is -0.975. The number of nitrogens with one attached hydrogen (secondary N) is 1. The van der Waals surface area contributed by atoms with Gasteiger partial charge in [-0.1, -0.05) is 23.2 Å². The lowest BCUT2D eigenvalue weighted by molar-refractivity contribution is -0.137. The number of aromatic hydroxyl groups is 1. The highest BCUT2D eigenvalue weighted by molar-refractivity contribution is 6.33. The molecule has 2 aromatic heterocycles. The first-order chi connectivity index (χ1) is 12.1. The molecule has 0 bridgehead atoms. The van der Waals surface area contributed by atoms with Crippen molar-refractivity contribution >= 4 is 40.4 Å². The number of alkyl halides is 3. The zero-order valence-electron chi connectivity index (χ0n) is 13.0. The Bertz CT molecular complexity index is 1030. The first kappa shape index (κ1) is 18.3. The normalized spacial score (nSPS) is 11.8. The molecule has 1 aromatic carbocycles. The molecule has 2 N–H and O–H groups in total. The van der Waals surface area contributed by atoms with Gasteiger partial charge in [-0.25, -0.2) is 4.98 Å². The van der Waals surface area contributed by atoms with Crippen LogP contribution in [0.4, 0.5) is 18.9 Å². The van der Waals surface area contributed by atoms with Crippen LogP contribution in [0.25, 0.3) is 5.65 Å². The summed E-state index contributed by atoms with van der Waals surface area (Å²) < 4.78 is 40.1. The van der Waals surface area contributed by atoms with Gasteiger partial charge in [-0.2, -0.15) is 13.2 Å².